The van der Waals surface area contributed by atoms with Gasteiger partial charge in [0, 0.05) is 17.1 Å². The molecular formula is C13H9N3O3S. The zero-order valence-corrected chi connectivity index (χ0v) is 11.0. The Morgan fingerprint density at radius 2 is 2.10 bits per heavy atom. The third-order valence-electron chi connectivity index (χ3n) is 2.61. The zero-order chi connectivity index (χ0) is 13.9. The molecule has 3 aromatic rings. The van der Waals surface area contributed by atoms with Gasteiger partial charge in [-0.05, 0) is 12.1 Å². The fourth-order valence-corrected chi connectivity index (χ4v) is 2.27. The number of aliphatic carboxylic acids is 1. The van der Waals surface area contributed by atoms with E-state index >= 15 is 0 Å². The van der Waals surface area contributed by atoms with Crippen molar-refractivity contribution in [3.8, 4) is 11.5 Å². The van der Waals surface area contributed by atoms with Crippen molar-refractivity contribution in [2.75, 3.05) is 5.75 Å². The summed E-state index contributed by atoms with van der Waals surface area (Å²) >= 11 is 0.994. The van der Waals surface area contributed by atoms with E-state index in [2.05, 4.69) is 15.2 Å². The highest BCUT2D eigenvalue weighted by Crippen LogP contribution is 2.28. The van der Waals surface area contributed by atoms with Crippen LogP contribution in [0.15, 0.2) is 46.2 Å². The third kappa shape index (κ3) is 2.48. The molecule has 0 bridgehead atoms. The van der Waals surface area contributed by atoms with Crippen LogP contribution in [-0.2, 0) is 4.79 Å². The van der Waals surface area contributed by atoms with Crippen molar-refractivity contribution < 1.29 is 14.3 Å². The van der Waals surface area contributed by atoms with Crippen molar-refractivity contribution in [1.29, 1.82) is 0 Å². The molecule has 6 nitrogen and oxygen atoms in total. The number of pyridine rings is 1. The molecule has 0 aliphatic rings. The molecule has 0 aliphatic carbocycles. The van der Waals surface area contributed by atoms with Gasteiger partial charge in [0.2, 0.25) is 5.89 Å². The Morgan fingerprint density at radius 3 is 2.95 bits per heavy atom. The summed E-state index contributed by atoms with van der Waals surface area (Å²) in [6.45, 7) is 0. The molecule has 0 saturated heterocycles. The van der Waals surface area contributed by atoms with E-state index in [0.29, 0.717) is 5.89 Å². The molecule has 0 unspecified atom stereocenters. The number of para-hydroxylation sites is 1. The fraction of sp³-hybridized carbons (Fsp3) is 0.0769. The largest absolute Gasteiger partial charge is 0.481 e. The molecule has 0 radical (unpaired) electrons. The number of fused-ring (bicyclic) bond motifs is 1. The van der Waals surface area contributed by atoms with E-state index < -0.39 is 5.97 Å². The first kappa shape index (κ1) is 12.6. The number of hydrogen-bond acceptors (Lipinski definition) is 6. The van der Waals surface area contributed by atoms with E-state index in [1.54, 1.807) is 12.3 Å². The van der Waals surface area contributed by atoms with E-state index in [1.165, 1.54) is 0 Å². The highest BCUT2D eigenvalue weighted by atomic mass is 32.2. The van der Waals surface area contributed by atoms with Gasteiger partial charge in [-0.25, -0.2) is 0 Å². The lowest BCUT2D eigenvalue weighted by atomic mass is 10.1. The SMILES string of the molecule is O=C(O)CSc1nnc(-c2ccnc3ccccc23)o1. The van der Waals surface area contributed by atoms with Gasteiger partial charge >= 0.3 is 5.97 Å². The second-order valence-corrected chi connectivity index (χ2v) is 4.86. The van der Waals surface area contributed by atoms with Crippen LogP contribution in [0, 0.1) is 0 Å². The normalized spacial score (nSPS) is 10.8. The van der Waals surface area contributed by atoms with Gasteiger partial charge in [-0.1, -0.05) is 30.0 Å². The highest BCUT2D eigenvalue weighted by Gasteiger charge is 2.13. The monoisotopic (exact) mass is 287 g/mol. The summed E-state index contributed by atoms with van der Waals surface area (Å²) in [4.78, 5) is 14.8. The Bertz CT molecular complexity index is 767. The van der Waals surface area contributed by atoms with Gasteiger partial charge in [0.25, 0.3) is 5.22 Å². The molecule has 2 heterocycles. The first-order valence-corrected chi connectivity index (χ1v) is 6.75. The number of carboxylic acids is 1. The Morgan fingerprint density at radius 1 is 1.25 bits per heavy atom. The molecule has 3 rings (SSSR count). The van der Waals surface area contributed by atoms with Gasteiger partial charge in [0.05, 0.1) is 5.52 Å². The topological polar surface area (TPSA) is 89.1 Å². The first-order valence-electron chi connectivity index (χ1n) is 5.76. The average molecular weight is 287 g/mol. The highest BCUT2D eigenvalue weighted by molar-refractivity contribution is 7.99. The smallest absolute Gasteiger partial charge is 0.314 e. The van der Waals surface area contributed by atoms with Crippen LogP contribution in [0.2, 0.25) is 0 Å². The first-order chi connectivity index (χ1) is 9.74. The molecule has 7 heteroatoms. The molecule has 0 aliphatic heterocycles. The molecule has 0 saturated carbocycles. The molecule has 0 spiro atoms. The number of benzene rings is 1. The number of rotatable bonds is 4. The second kappa shape index (κ2) is 5.30. The van der Waals surface area contributed by atoms with Gasteiger partial charge < -0.3 is 9.52 Å². The summed E-state index contributed by atoms with van der Waals surface area (Å²) in [5, 5.41) is 17.6. The average Bonchev–Trinajstić information content (AvgIpc) is 2.93. The van der Waals surface area contributed by atoms with Crippen LogP contribution < -0.4 is 0 Å². The maximum absolute atomic E-state index is 10.5. The van der Waals surface area contributed by atoms with Crippen LogP contribution in [0.3, 0.4) is 0 Å². The van der Waals surface area contributed by atoms with E-state index in [1.807, 2.05) is 24.3 Å². The predicted octanol–water partition coefficient (Wildman–Crippen LogP) is 2.46. The van der Waals surface area contributed by atoms with Gasteiger partial charge in [-0.2, -0.15) is 0 Å². The predicted molar refractivity (Wildman–Crippen MR) is 73.4 cm³/mol. The Balaban J connectivity index is 1.97. The van der Waals surface area contributed by atoms with Crippen LogP contribution in [0.1, 0.15) is 0 Å². The number of hydrogen-bond donors (Lipinski definition) is 1. The van der Waals surface area contributed by atoms with Crippen LogP contribution in [-0.4, -0.2) is 32.0 Å². The molecule has 100 valence electrons. The summed E-state index contributed by atoms with van der Waals surface area (Å²) < 4.78 is 5.48. The van der Waals surface area contributed by atoms with Crippen molar-refractivity contribution in [2.45, 2.75) is 5.22 Å². The molecular weight excluding hydrogens is 278 g/mol. The molecule has 0 amide bonds. The maximum atomic E-state index is 10.5. The number of aromatic nitrogens is 3. The lowest BCUT2D eigenvalue weighted by molar-refractivity contribution is -0.133. The molecule has 2 aromatic heterocycles. The van der Waals surface area contributed by atoms with Crippen molar-refractivity contribution in [1.82, 2.24) is 15.2 Å². The van der Waals surface area contributed by atoms with Crippen LogP contribution in [0.5, 0.6) is 0 Å². The zero-order valence-electron chi connectivity index (χ0n) is 10.2. The maximum Gasteiger partial charge on any atom is 0.314 e. The fourth-order valence-electron chi connectivity index (χ4n) is 1.78. The quantitative estimate of drug-likeness (QED) is 0.737. The van der Waals surface area contributed by atoms with Crippen molar-refractivity contribution >= 4 is 28.6 Å². The summed E-state index contributed by atoms with van der Waals surface area (Å²) in [5.74, 6) is -0.681. The number of carbonyl (C=O) groups is 1. The molecule has 1 N–H and O–H groups in total. The van der Waals surface area contributed by atoms with Crippen LogP contribution in [0.25, 0.3) is 22.4 Å². The minimum Gasteiger partial charge on any atom is -0.481 e. The van der Waals surface area contributed by atoms with Gasteiger partial charge in [-0.15, -0.1) is 10.2 Å². The second-order valence-electron chi connectivity index (χ2n) is 3.93. The number of carboxylic acid groups (broad SMARTS) is 1. The summed E-state index contributed by atoms with van der Waals surface area (Å²) in [7, 11) is 0. The minimum absolute atomic E-state index is 0.112. The summed E-state index contributed by atoms with van der Waals surface area (Å²) in [5.41, 5.74) is 1.62. The minimum atomic E-state index is -0.927. The molecule has 0 atom stereocenters. The summed E-state index contributed by atoms with van der Waals surface area (Å²) in [6, 6.07) is 9.42. The molecule has 20 heavy (non-hydrogen) atoms. The van der Waals surface area contributed by atoms with E-state index in [0.717, 1.165) is 28.2 Å². The van der Waals surface area contributed by atoms with Crippen LogP contribution >= 0.6 is 11.8 Å². The van der Waals surface area contributed by atoms with E-state index in [4.69, 9.17) is 9.52 Å². The standard InChI is InChI=1S/C13H9N3O3S/c17-11(18)7-20-13-16-15-12(19-13)9-5-6-14-10-4-2-1-3-8(9)10/h1-6H,7H2,(H,17,18). The third-order valence-corrected chi connectivity index (χ3v) is 3.41. The Hall–Kier alpha value is -2.41. The Kier molecular flexibility index (Phi) is 3.34. The molecule has 1 aromatic carbocycles. The van der Waals surface area contributed by atoms with Crippen molar-refractivity contribution in [3.63, 3.8) is 0 Å². The lowest BCUT2D eigenvalue weighted by Gasteiger charge is -2.00. The van der Waals surface area contributed by atoms with Gasteiger partial charge in [0.1, 0.15) is 5.75 Å². The lowest BCUT2D eigenvalue weighted by Crippen LogP contribution is -1.97. The van der Waals surface area contributed by atoms with Crippen LogP contribution in [0.4, 0.5) is 0 Å². The number of thioether (sulfide) groups is 1. The summed E-state index contributed by atoms with van der Waals surface area (Å²) in [6.07, 6.45) is 1.67. The van der Waals surface area contributed by atoms with E-state index in [-0.39, 0.29) is 11.0 Å². The molecule has 0 fully saturated rings. The van der Waals surface area contributed by atoms with E-state index in [9.17, 15) is 4.79 Å². The van der Waals surface area contributed by atoms with Crippen molar-refractivity contribution in [3.05, 3.63) is 36.5 Å². The Labute approximate surface area is 117 Å². The van der Waals surface area contributed by atoms with Gasteiger partial charge in [0.15, 0.2) is 0 Å². The number of nitrogens with zero attached hydrogens (tertiary/aromatic N) is 3. The van der Waals surface area contributed by atoms with Gasteiger partial charge in [-0.3, -0.25) is 9.78 Å². The van der Waals surface area contributed by atoms with Crippen molar-refractivity contribution in [2.24, 2.45) is 0 Å².